The topological polar surface area (TPSA) is 101 Å². The molecule has 1 aromatic rings. The van der Waals surface area contributed by atoms with E-state index in [1.54, 1.807) is 6.92 Å². The van der Waals surface area contributed by atoms with Crippen LogP contribution in [0.5, 0.6) is 0 Å². The average molecular weight is 286 g/mol. The summed E-state index contributed by atoms with van der Waals surface area (Å²) in [5.74, 6) is 0. The van der Waals surface area contributed by atoms with Crippen LogP contribution in [0.15, 0.2) is 23.1 Å². The van der Waals surface area contributed by atoms with Crippen LogP contribution in [0.4, 0.5) is 5.69 Å². The highest BCUT2D eigenvalue weighted by Crippen LogP contribution is 2.27. The largest absolute Gasteiger partial charge is 0.392 e. The number of aryl methyl sites for hydroxylation is 1. The smallest absolute Gasteiger partial charge is 0.270 e. The highest BCUT2D eigenvalue weighted by atomic mass is 32.2. The van der Waals surface area contributed by atoms with E-state index < -0.39 is 21.1 Å². The predicted octanol–water partition coefficient (Wildman–Crippen LogP) is 0.659. The van der Waals surface area contributed by atoms with Gasteiger partial charge in [0.15, 0.2) is 0 Å². The van der Waals surface area contributed by atoms with Crippen LogP contribution in [0.25, 0.3) is 0 Å². The second-order valence-corrected chi connectivity index (χ2v) is 6.42. The van der Waals surface area contributed by atoms with E-state index in [2.05, 4.69) is 0 Å². The first-order valence-corrected chi connectivity index (χ1v) is 7.19. The maximum Gasteiger partial charge on any atom is 0.270 e. The van der Waals surface area contributed by atoms with Gasteiger partial charge < -0.3 is 5.11 Å². The van der Waals surface area contributed by atoms with Gasteiger partial charge in [0.05, 0.1) is 15.9 Å². The van der Waals surface area contributed by atoms with Crippen molar-refractivity contribution in [3.8, 4) is 0 Å². The Balaban J connectivity index is 2.45. The fraction of sp³-hybridized carbons (Fsp3) is 0.455. The van der Waals surface area contributed by atoms with Gasteiger partial charge in [0.1, 0.15) is 0 Å². The number of hydrogen-bond donors (Lipinski definition) is 1. The van der Waals surface area contributed by atoms with Crippen molar-refractivity contribution in [3.63, 3.8) is 0 Å². The summed E-state index contributed by atoms with van der Waals surface area (Å²) >= 11 is 0. The standard InChI is InChI=1S/C11H14N2O5S/c1-8-2-3-9(13(15)16)6-11(8)19(17,18)12-5-4-10(14)7-12/h2-3,6,10,14H,4-5,7H2,1H3. The SMILES string of the molecule is Cc1ccc([N+](=O)[O-])cc1S(=O)(=O)N1CCC(O)C1. The Bertz CT molecular complexity index is 614. The lowest BCUT2D eigenvalue weighted by Gasteiger charge is -2.17. The highest BCUT2D eigenvalue weighted by molar-refractivity contribution is 7.89. The molecule has 0 radical (unpaired) electrons. The number of aliphatic hydroxyl groups excluding tert-OH is 1. The van der Waals surface area contributed by atoms with Crippen LogP contribution >= 0.6 is 0 Å². The van der Waals surface area contributed by atoms with Crippen LogP contribution in [-0.2, 0) is 10.0 Å². The lowest BCUT2D eigenvalue weighted by atomic mass is 10.2. The number of nitro groups is 1. The Hall–Kier alpha value is -1.51. The number of rotatable bonds is 3. The highest BCUT2D eigenvalue weighted by Gasteiger charge is 2.33. The first kappa shape index (κ1) is 13.9. The normalized spacial score (nSPS) is 20.6. The first-order valence-electron chi connectivity index (χ1n) is 5.75. The van der Waals surface area contributed by atoms with E-state index in [-0.39, 0.29) is 23.7 Å². The molecule has 0 amide bonds. The number of β-amino-alcohol motifs (C(OH)–C–C–N with tert-alkyl or cyclic N) is 1. The number of aliphatic hydroxyl groups is 1. The molecule has 1 aliphatic heterocycles. The van der Waals surface area contributed by atoms with Crippen LogP contribution in [0.1, 0.15) is 12.0 Å². The van der Waals surface area contributed by atoms with Gasteiger partial charge in [0.2, 0.25) is 10.0 Å². The average Bonchev–Trinajstić information content (AvgIpc) is 2.76. The quantitative estimate of drug-likeness (QED) is 0.649. The summed E-state index contributed by atoms with van der Waals surface area (Å²) in [6, 6.07) is 3.75. The minimum absolute atomic E-state index is 0.0322. The Kier molecular flexibility index (Phi) is 3.57. The monoisotopic (exact) mass is 286 g/mol. The molecule has 1 heterocycles. The molecule has 1 aromatic carbocycles. The number of non-ortho nitro benzene ring substituents is 1. The maximum atomic E-state index is 12.4. The number of hydrogen-bond acceptors (Lipinski definition) is 5. The second kappa shape index (κ2) is 4.87. The van der Waals surface area contributed by atoms with Crippen LogP contribution in [-0.4, -0.2) is 41.9 Å². The third-order valence-corrected chi connectivity index (χ3v) is 5.13. The van der Waals surface area contributed by atoms with Gasteiger partial charge in [0, 0.05) is 25.2 Å². The van der Waals surface area contributed by atoms with E-state index in [0.717, 1.165) is 10.4 Å². The van der Waals surface area contributed by atoms with Crippen molar-refractivity contribution in [1.29, 1.82) is 0 Å². The molecule has 1 atom stereocenters. The molecule has 1 saturated heterocycles. The minimum atomic E-state index is -3.79. The lowest BCUT2D eigenvalue weighted by Crippen LogP contribution is -2.30. The molecular formula is C11H14N2O5S. The van der Waals surface area contributed by atoms with Crippen molar-refractivity contribution in [2.75, 3.05) is 13.1 Å². The summed E-state index contributed by atoms with van der Waals surface area (Å²) in [7, 11) is -3.79. The summed E-state index contributed by atoms with van der Waals surface area (Å²) in [6.45, 7) is 1.85. The van der Waals surface area contributed by atoms with Gasteiger partial charge in [-0.25, -0.2) is 8.42 Å². The molecule has 1 N–H and O–H groups in total. The van der Waals surface area contributed by atoms with Crippen molar-refractivity contribution in [2.24, 2.45) is 0 Å². The molecule has 1 fully saturated rings. The Morgan fingerprint density at radius 1 is 1.47 bits per heavy atom. The van der Waals surface area contributed by atoms with Crippen LogP contribution in [0.2, 0.25) is 0 Å². The van der Waals surface area contributed by atoms with E-state index in [1.807, 2.05) is 0 Å². The molecule has 104 valence electrons. The van der Waals surface area contributed by atoms with E-state index in [9.17, 15) is 23.6 Å². The molecule has 0 spiro atoms. The zero-order valence-corrected chi connectivity index (χ0v) is 11.1. The van der Waals surface area contributed by atoms with Crippen molar-refractivity contribution in [2.45, 2.75) is 24.3 Å². The van der Waals surface area contributed by atoms with E-state index in [4.69, 9.17) is 0 Å². The fourth-order valence-corrected chi connectivity index (χ4v) is 3.79. The van der Waals surface area contributed by atoms with E-state index in [1.165, 1.54) is 12.1 Å². The second-order valence-electron chi connectivity index (χ2n) is 4.51. The Labute approximate surface area is 110 Å². The van der Waals surface area contributed by atoms with Gasteiger partial charge >= 0.3 is 0 Å². The zero-order chi connectivity index (χ0) is 14.2. The van der Waals surface area contributed by atoms with E-state index >= 15 is 0 Å². The van der Waals surface area contributed by atoms with Crippen LogP contribution in [0, 0.1) is 17.0 Å². The summed E-state index contributed by atoms with van der Waals surface area (Å²) in [6.07, 6.45) is -0.290. The third-order valence-electron chi connectivity index (χ3n) is 3.13. The molecule has 8 heteroatoms. The molecule has 0 aliphatic carbocycles. The number of nitro benzene ring substituents is 1. The lowest BCUT2D eigenvalue weighted by molar-refractivity contribution is -0.385. The van der Waals surface area contributed by atoms with Gasteiger partial charge in [-0.1, -0.05) is 6.07 Å². The molecule has 1 unspecified atom stereocenters. The molecule has 0 saturated carbocycles. The first-order chi connectivity index (χ1) is 8.82. The number of benzene rings is 1. The van der Waals surface area contributed by atoms with Crippen molar-refractivity contribution >= 4 is 15.7 Å². The Morgan fingerprint density at radius 3 is 2.68 bits per heavy atom. The molecule has 0 aromatic heterocycles. The Morgan fingerprint density at radius 2 is 2.16 bits per heavy atom. The minimum Gasteiger partial charge on any atom is -0.392 e. The van der Waals surface area contributed by atoms with Crippen molar-refractivity contribution in [3.05, 3.63) is 33.9 Å². The van der Waals surface area contributed by atoms with Gasteiger partial charge in [0.25, 0.3) is 5.69 Å². The fourth-order valence-electron chi connectivity index (χ4n) is 2.05. The molecule has 1 aliphatic rings. The molecule has 0 bridgehead atoms. The predicted molar refractivity (Wildman–Crippen MR) is 67.2 cm³/mol. The van der Waals surface area contributed by atoms with Crippen molar-refractivity contribution < 1.29 is 18.4 Å². The summed E-state index contributed by atoms with van der Waals surface area (Å²) in [5, 5.41) is 20.1. The number of sulfonamides is 1. The molecular weight excluding hydrogens is 272 g/mol. The van der Waals surface area contributed by atoms with Gasteiger partial charge in [-0.2, -0.15) is 4.31 Å². The third kappa shape index (κ3) is 2.60. The molecule has 19 heavy (non-hydrogen) atoms. The van der Waals surface area contributed by atoms with E-state index in [0.29, 0.717) is 12.0 Å². The summed E-state index contributed by atoms with van der Waals surface area (Å²) < 4.78 is 25.9. The zero-order valence-electron chi connectivity index (χ0n) is 10.3. The summed E-state index contributed by atoms with van der Waals surface area (Å²) in [5.41, 5.74) is 0.191. The molecule has 2 rings (SSSR count). The van der Waals surface area contributed by atoms with Gasteiger partial charge in [-0.05, 0) is 18.9 Å². The van der Waals surface area contributed by atoms with Crippen LogP contribution in [0.3, 0.4) is 0 Å². The summed E-state index contributed by atoms with van der Waals surface area (Å²) in [4.78, 5) is 10.0. The van der Waals surface area contributed by atoms with Crippen LogP contribution < -0.4 is 0 Å². The van der Waals surface area contributed by atoms with Gasteiger partial charge in [-0.3, -0.25) is 10.1 Å². The van der Waals surface area contributed by atoms with Gasteiger partial charge in [-0.15, -0.1) is 0 Å². The number of nitrogens with zero attached hydrogens (tertiary/aromatic N) is 2. The van der Waals surface area contributed by atoms with Crippen molar-refractivity contribution in [1.82, 2.24) is 4.31 Å². The maximum absolute atomic E-state index is 12.4. The molecule has 7 nitrogen and oxygen atoms in total.